The van der Waals surface area contributed by atoms with E-state index < -0.39 is 0 Å². The number of nitrogens with two attached hydrogens (primary N) is 1. The van der Waals surface area contributed by atoms with Crippen molar-refractivity contribution in [2.75, 3.05) is 11.1 Å². The predicted molar refractivity (Wildman–Crippen MR) is 106 cm³/mol. The number of anilines is 3. The minimum absolute atomic E-state index is 0.385. The molecular formula is C19H22N8. The highest BCUT2D eigenvalue weighted by molar-refractivity contribution is 5.84. The average Bonchev–Trinajstić information content (AvgIpc) is 3.25. The van der Waals surface area contributed by atoms with Crippen LogP contribution in [-0.4, -0.2) is 29.1 Å². The molecule has 1 fully saturated rings. The number of hydrogen-bond donors (Lipinski definition) is 2. The quantitative estimate of drug-likeness (QED) is 0.578. The minimum atomic E-state index is 0.385. The van der Waals surface area contributed by atoms with Crippen LogP contribution < -0.4 is 11.1 Å². The van der Waals surface area contributed by atoms with Crippen molar-refractivity contribution in [3.63, 3.8) is 0 Å². The van der Waals surface area contributed by atoms with Crippen LogP contribution in [0.3, 0.4) is 0 Å². The highest BCUT2D eigenvalue weighted by atomic mass is 15.3. The van der Waals surface area contributed by atoms with E-state index >= 15 is 0 Å². The summed E-state index contributed by atoms with van der Waals surface area (Å²) in [5.74, 6) is 1.51. The van der Waals surface area contributed by atoms with Gasteiger partial charge in [0.05, 0.1) is 17.4 Å². The number of aryl methyl sites for hydroxylation is 1. The number of hydrogen-bond acceptors (Lipinski definition) is 6. The molecule has 138 valence electrons. The van der Waals surface area contributed by atoms with Gasteiger partial charge in [-0.05, 0) is 25.0 Å². The van der Waals surface area contributed by atoms with E-state index in [1.165, 1.54) is 19.3 Å². The van der Waals surface area contributed by atoms with Gasteiger partial charge in [-0.2, -0.15) is 9.97 Å². The van der Waals surface area contributed by atoms with Crippen molar-refractivity contribution in [3.8, 4) is 0 Å². The fourth-order valence-corrected chi connectivity index (χ4v) is 3.98. The maximum absolute atomic E-state index is 6.17. The molecule has 8 nitrogen and oxygen atoms in total. The van der Waals surface area contributed by atoms with Gasteiger partial charge in [0.1, 0.15) is 5.52 Å². The predicted octanol–water partition coefficient (Wildman–Crippen LogP) is 3.54. The standard InChI is InChI=1S/C19H22N8/c1-26-14-10-6-5-9-13(14)22-19(26)25-18-23-16(20)15-17(24-18)27(11-21-15)12-7-3-2-4-8-12/h5-6,9-12H,2-4,7-8H2,1H3,(H3,20,22,23,24,25). The molecule has 3 heterocycles. The Morgan fingerprint density at radius 2 is 1.89 bits per heavy atom. The molecule has 0 aliphatic heterocycles. The zero-order valence-corrected chi connectivity index (χ0v) is 15.3. The third kappa shape index (κ3) is 2.68. The lowest BCUT2D eigenvalue weighted by molar-refractivity contribution is 0.358. The molecule has 0 radical (unpaired) electrons. The Hall–Kier alpha value is -3.16. The monoisotopic (exact) mass is 362 g/mol. The topological polar surface area (TPSA) is 99.5 Å². The molecule has 27 heavy (non-hydrogen) atoms. The molecule has 1 aliphatic carbocycles. The zero-order chi connectivity index (χ0) is 18.4. The van der Waals surface area contributed by atoms with Crippen molar-refractivity contribution in [2.45, 2.75) is 38.1 Å². The van der Waals surface area contributed by atoms with Gasteiger partial charge in [0, 0.05) is 13.1 Å². The molecule has 1 aromatic carbocycles. The second-order valence-electron chi connectivity index (χ2n) is 7.16. The lowest BCUT2D eigenvalue weighted by Crippen LogP contribution is -2.13. The van der Waals surface area contributed by atoms with Crippen molar-refractivity contribution in [3.05, 3.63) is 30.6 Å². The molecule has 4 aromatic rings. The van der Waals surface area contributed by atoms with E-state index in [0.29, 0.717) is 29.3 Å². The molecule has 3 N–H and O–H groups in total. The van der Waals surface area contributed by atoms with Gasteiger partial charge < -0.3 is 14.9 Å². The number of aromatic nitrogens is 6. The van der Waals surface area contributed by atoms with E-state index in [9.17, 15) is 0 Å². The Morgan fingerprint density at radius 3 is 2.70 bits per heavy atom. The van der Waals surface area contributed by atoms with Crippen LogP contribution in [0.15, 0.2) is 30.6 Å². The first-order valence-corrected chi connectivity index (χ1v) is 9.39. The van der Waals surface area contributed by atoms with Crippen LogP contribution in [0.5, 0.6) is 0 Å². The highest BCUT2D eigenvalue weighted by Gasteiger charge is 2.20. The summed E-state index contributed by atoms with van der Waals surface area (Å²) in [6, 6.07) is 8.42. The van der Waals surface area contributed by atoms with Crippen LogP contribution in [0, 0.1) is 0 Å². The fraction of sp³-hybridized carbons (Fsp3) is 0.368. The Bertz CT molecular complexity index is 1120. The van der Waals surface area contributed by atoms with Gasteiger partial charge in [0.25, 0.3) is 0 Å². The number of para-hydroxylation sites is 2. The van der Waals surface area contributed by atoms with E-state index in [1.807, 2.05) is 42.2 Å². The van der Waals surface area contributed by atoms with Gasteiger partial charge >= 0.3 is 0 Å². The number of nitrogens with zero attached hydrogens (tertiary/aromatic N) is 6. The first-order chi connectivity index (χ1) is 13.2. The third-order valence-electron chi connectivity index (χ3n) is 5.43. The number of rotatable bonds is 3. The maximum Gasteiger partial charge on any atom is 0.233 e. The van der Waals surface area contributed by atoms with Crippen LogP contribution in [0.25, 0.3) is 22.2 Å². The third-order valence-corrected chi connectivity index (χ3v) is 5.43. The molecule has 5 rings (SSSR count). The van der Waals surface area contributed by atoms with E-state index in [4.69, 9.17) is 10.7 Å². The summed E-state index contributed by atoms with van der Waals surface area (Å²) in [5.41, 5.74) is 9.59. The highest BCUT2D eigenvalue weighted by Crippen LogP contribution is 2.31. The summed E-state index contributed by atoms with van der Waals surface area (Å²) < 4.78 is 4.14. The molecule has 0 bridgehead atoms. The zero-order valence-electron chi connectivity index (χ0n) is 15.3. The van der Waals surface area contributed by atoms with Gasteiger partial charge in [0.15, 0.2) is 11.5 Å². The first kappa shape index (κ1) is 16.0. The summed E-state index contributed by atoms with van der Waals surface area (Å²) in [5, 5.41) is 3.22. The van der Waals surface area contributed by atoms with Crippen molar-refractivity contribution in [1.82, 2.24) is 29.1 Å². The summed E-state index contributed by atoms with van der Waals surface area (Å²) in [4.78, 5) is 18.2. The normalized spacial score (nSPS) is 15.6. The lowest BCUT2D eigenvalue weighted by atomic mass is 9.95. The summed E-state index contributed by atoms with van der Waals surface area (Å²) >= 11 is 0. The molecule has 0 unspecified atom stereocenters. The largest absolute Gasteiger partial charge is 0.382 e. The Balaban J connectivity index is 1.55. The molecule has 3 aromatic heterocycles. The van der Waals surface area contributed by atoms with Gasteiger partial charge in [-0.15, -0.1) is 0 Å². The Labute approximate surface area is 156 Å². The number of nitrogen functional groups attached to an aromatic ring is 1. The number of nitrogens with one attached hydrogen (secondary N) is 1. The summed E-state index contributed by atoms with van der Waals surface area (Å²) in [6.07, 6.45) is 7.96. The molecule has 1 saturated carbocycles. The molecule has 8 heteroatoms. The lowest BCUT2D eigenvalue weighted by Gasteiger charge is -2.23. The van der Waals surface area contributed by atoms with Crippen LogP contribution in [0.1, 0.15) is 38.1 Å². The summed E-state index contributed by atoms with van der Waals surface area (Å²) in [6.45, 7) is 0. The van der Waals surface area contributed by atoms with Crippen LogP contribution in [-0.2, 0) is 7.05 Å². The second kappa shape index (κ2) is 6.22. The van der Waals surface area contributed by atoms with Crippen LogP contribution in [0.4, 0.5) is 17.7 Å². The van der Waals surface area contributed by atoms with Crippen molar-refractivity contribution in [2.24, 2.45) is 7.05 Å². The van der Waals surface area contributed by atoms with E-state index in [2.05, 4.69) is 24.8 Å². The molecule has 0 atom stereocenters. The second-order valence-corrected chi connectivity index (χ2v) is 7.16. The first-order valence-electron chi connectivity index (χ1n) is 9.39. The van der Waals surface area contributed by atoms with Crippen molar-refractivity contribution in [1.29, 1.82) is 0 Å². The van der Waals surface area contributed by atoms with Gasteiger partial charge in [-0.25, -0.2) is 9.97 Å². The Kier molecular flexibility index (Phi) is 3.70. The molecule has 1 aliphatic rings. The van der Waals surface area contributed by atoms with Crippen molar-refractivity contribution < 1.29 is 0 Å². The van der Waals surface area contributed by atoms with Crippen LogP contribution in [0.2, 0.25) is 0 Å². The molecule has 0 saturated heterocycles. The van der Waals surface area contributed by atoms with Gasteiger partial charge in [-0.3, -0.25) is 5.32 Å². The van der Waals surface area contributed by atoms with Crippen LogP contribution >= 0.6 is 0 Å². The molecule has 0 spiro atoms. The number of imidazole rings is 2. The minimum Gasteiger partial charge on any atom is -0.382 e. The van der Waals surface area contributed by atoms with E-state index in [1.54, 1.807) is 0 Å². The molecular weight excluding hydrogens is 340 g/mol. The van der Waals surface area contributed by atoms with Crippen molar-refractivity contribution >= 4 is 39.9 Å². The average molecular weight is 362 g/mol. The SMILES string of the molecule is Cn1c(Nc2nc(N)c3ncn(C4CCCCC4)c3n2)nc2ccccc21. The number of fused-ring (bicyclic) bond motifs is 2. The van der Waals surface area contributed by atoms with E-state index in [-0.39, 0.29) is 0 Å². The Morgan fingerprint density at radius 1 is 1.07 bits per heavy atom. The van der Waals surface area contributed by atoms with Gasteiger partial charge in [0.2, 0.25) is 11.9 Å². The fourth-order valence-electron chi connectivity index (χ4n) is 3.98. The number of benzene rings is 1. The van der Waals surface area contributed by atoms with E-state index in [0.717, 1.165) is 29.5 Å². The maximum atomic E-state index is 6.17. The molecule has 0 amide bonds. The smallest absolute Gasteiger partial charge is 0.233 e. The summed E-state index contributed by atoms with van der Waals surface area (Å²) in [7, 11) is 1.96. The van der Waals surface area contributed by atoms with Gasteiger partial charge in [-0.1, -0.05) is 31.4 Å².